The van der Waals surface area contributed by atoms with Crippen molar-refractivity contribution >= 4 is 23.4 Å². The van der Waals surface area contributed by atoms with Crippen molar-refractivity contribution in [3.8, 4) is 0 Å². The van der Waals surface area contributed by atoms with E-state index in [0.29, 0.717) is 0 Å². The second-order valence-electron chi connectivity index (χ2n) is 5.81. The first-order chi connectivity index (χ1) is 10.1. The molecule has 0 unspecified atom stereocenters. The van der Waals surface area contributed by atoms with Gasteiger partial charge in [0, 0.05) is 45.3 Å². The summed E-state index contributed by atoms with van der Waals surface area (Å²) in [5.74, 6) is 2.71. The molecule has 0 aliphatic carbocycles. The Morgan fingerprint density at radius 3 is 2.52 bits per heavy atom. The zero-order valence-electron chi connectivity index (χ0n) is 13.6. The lowest BCUT2D eigenvalue weighted by Gasteiger charge is -2.36. The van der Waals surface area contributed by atoms with Crippen LogP contribution in [0.15, 0.2) is 11.2 Å². The molecular formula is C15H27N5S. The van der Waals surface area contributed by atoms with E-state index in [1.807, 2.05) is 6.26 Å². The molecule has 0 aromatic carbocycles. The fourth-order valence-electron chi connectivity index (χ4n) is 2.61. The maximum absolute atomic E-state index is 4.66. The Kier molecular flexibility index (Phi) is 6.11. The molecule has 1 aromatic heterocycles. The molecule has 2 heterocycles. The van der Waals surface area contributed by atoms with Crippen molar-refractivity contribution in [3.05, 3.63) is 6.07 Å². The Balaban J connectivity index is 2.03. The van der Waals surface area contributed by atoms with Crippen molar-refractivity contribution in [1.29, 1.82) is 0 Å². The van der Waals surface area contributed by atoms with Crippen molar-refractivity contribution in [1.82, 2.24) is 14.9 Å². The molecule has 0 atom stereocenters. The topological polar surface area (TPSA) is 44.3 Å². The molecule has 1 saturated heterocycles. The van der Waals surface area contributed by atoms with Gasteiger partial charge < -0.3 is 10.2 Å². The van der Waals surface area contributed by atoms with Gasteiger partial charge in [-0.15, -0.1) is 0 Å². The zero-order chi connectivity index (χ0) is 15.2. The van der Waals surface area contributed by atoms with Gasteiger partial charge in [0.2, 0.25) is 0 Å². The molecule has 6 heteroatoms. The number of hydrogen-bond donors (Lipinski definition) is 1. The van der Waals surface area contributed by atoms with Crippen molar-refractivity contribution in [2.24, 2.45) is 5.92 Å². The minimum atomic E-state index is 0.735. The van der Waals surface area contributed by atoms with Gasteiger partial charge in [-0.3, -0.25) is 4.90 Å². The van der Waals surface area contributed by atoms with Crippen LogP contribution < -0.4 is 10.2 Å². The average molecular weight is 309 g/mol. The van der Waals surface area contributed by atoms with Crippen LogP contribution in [0.3, 0.4) is 0 Å². The fourth-order valence-corrected chi connectivity index (χ4v) is 2.99. The Morgan fingerprint density at radius 2 is 1.95 bits per heavy atom. The Morgan fingerprint density at radius 1 is 1.24 bits per heavy atom. The third kappa shape index (κ3) is 4.74. The van der Waals surface area contributed by atoms with Gasteiger partial charge in [0.1, 0.15) is 11.6 Å². The van der Waals surface area contributed by atoms with E-state index in [0.717, 1.165) is 55.4 Å². The number of hydrogen-bond acceptors (Lipinski definition) is 6. The van der Waals surface area contributed by atoms with Crippen molar-refractivity contribution in [2.45, 2.75) is 25.9 Å². The zero-order valence-corrected chi connectivity index (χ0v) is 14.4. The molecule has 1 aliphatic rings. The Bertz CT molecular complexity index is 444. The smallest absolute Gasteiger partial charge is 0.191 e. The molecule has 1 fully saturated rings. The minimum absolute atomic E-state index is 0.735. The summed E-state index contributed by atoms with van der Waals surface area (Å²) in [5, 5.41) is 4.14. The van der Waals surface area contributed by atoms with E-state index < -0.39 is 0 Å². The van der Waals surface area contributed by atoms with Gasteiger partial charge >= 0.3 is 0 Å². The molecule has 0 spiro atoms. The van der Waals surface area contributed by atoms with E-state index >= 15 is 0 Å². The maximum atomic E-state index is 4.66. The molecule has 1 N–H and O–H groups in total. The molecule has 0 saturated carbocycles. The molecule has 0 bridgehead atoms. The van der Waals surface area contributed by atoms with Gasteiger partial charge in [0.05, 0.1) is 0 Å². The lowest BCUT2D eigenvalue weighted by atomic mass is 10.2. The van der Waals surface area contributed by atoms with Gasteiger partial charge in [-0.05, 0) is 19.1 Å². The molecule has 0 amide bonds. The summed E-state index contributed by atoms with van der Waals surface area (Å²) < 4.78 is 0. The maximum Gasteiger partial charge on any atom is 0.191 e. The molecular weight excluding hydrogens is 282 g/mol. The summed E-state index contributed by atoms with van der Waals surface area (Å²) in [6, 6.07) is 2.07. The summed E-state index contributed by atoms with van der Waals surface area (Å²) in [6.07, 6.45) is 2.02. The molecule has 21 heavy (non-hydrogen) atoms. The van der Waals surface area contributed by atoms with E-state index in [2.05, 4.69) is 51.9 Å². The van der Waals surface area contributed by atoms with Crippen molar-refractivity contribution < 1.29 is 0 Å². The summed E-state index contributed by atoms with van der Waals surface area (Å²) in [4.78, 5) is 14.1. The number of nitrogens with zero attached hydrogens (tertiary/aromatic N) is 4. The highest BCUT2D eigenvalue weighted by Gasteiger charge is 2.19. The molecule has 0 radical (unpaired) electrons. The van der Waals surface area contributed by atoms with E-state index in [9.17, 15) is 0 Å². The van der Waals surface area contributed by atoms with Crippen molar-refractivity contribution in [2.75, 3.05) is 55.7 Å². The summed E-state index contributed by atoms with van der Waals surface area (Å²) in [7, 11) is 0. The van der Waals surface area contributed by atoms with Crippen LogP contribution in [0.5, 0.6) is 0 Å². The van der Waals surface area contributed by atoms with Gasteiger partial charge in [-0.25, -0.2) is 9.97 Å². The quantitative estimate of drug-likeness (QED) is 0.643. The second kappa shape index (κ2) is 7.84. The predicted octanol–water partition coefficient (Wildman–Crippen LogP) is 2.41. The molecule has 1 aliphatic heterocycles. The first-order valence-electron chi connectivity index (χ1n) is 7.76. The van der Waals surface area contributed by atoms with Gasteiger partial charge in [-0.2, -0.15) is 0 Å². The molecule has 5 nitrogen and oxygen atoms in total. The van der Waals surface area contributed by atoms with E-state index in [1.54, 1.807) is 11.8 Å². The normalized spacial score (nSPS) is 16.5. The third-order valence-corrected chi connectivity index (χ3v) is 4.10. The average Bonchev–Trinajstić information content (AvgIpc) is 2.47. The number of aromatic nitrogens is 2. The van der Waals surface area contributed by atoms with Gasteiger partial charge in [-0.1, -0.05) is 25.6 Å². The Hall–Kier alpha value is -1.01. The van der Waals surface area contributed by atoms with E-state index in [1.165, 1.54) is 6.54 Å². The van der Waals surface area contributed by atoms with Gasteiger partial charge in [0.25, 0.3) is 0 Å². The van der Waals surface area contributed by atoms with Crippen LogP contribution in [0.25, 0.3) is 0 Å². The number of nitrogens with one attached hydrogen (secondary N) is 1. The van der Waals surface area contributed by atoms with Crippen molar-refractivity contribution in [3.63, 3.8) is 0 Å². The first-order valence-corrected chi connectivity index (χ1v) is 8.99. The number of anilines is 2. The highest BCUT2D eigenvalue weighted by Crippen LogP contribution is 2.21. The van der Waals surface area contributed by atoms with E-state index in [-0.39, 0.29) is 0 Å². The summed E-state index contributed by atoms with van der Waals surface area (Å²) in [5.41, 5.74) is 0. The van der Waals surface area contributed by atoms with Crippen LogP contribution >= 0.6 is 11.8 Å². The predicted molar refractivity (Wildman–Crippen MR) is 91.5 cm³/mol. The van der Waals surface area contributed by atoms with Crippen LogP contribution in [0, 0.1) is 5.92 Å². The number of thioether (sulfide) groups is 1. The fraction of sp³-hybridized carbons (Fsp3) is 0.733. The summed E-state index contributed by atoms with van der Waals surface area (Å²) >= 11 is 1.60. The lowest BCUT2D eigenvalue weighted by molar-refractivity contribution is 0.231. The highest BCUT2D eigenvalue weighted by atomic mass is 32.2. The number of piperazine rings is 1. The number of rotatable bonds is 6. The van der Waals surface area contributed by atoms with Crippen LogP contribution in [-0.4, -0.2) is 60.4 Å². The molecule has 118 valence electrons. The highest BCUT2D eigenvalue weighted by molar-refractivity contribution is 7.98. The summed E-state index contributed by atoms with van der Waals surface area (Å²) in [6.45, 7) is 13.1. The van der Waals surface area contributed by atoms with Crippen LogP contribution in [0.4, 0.5) is 11.6 Å². The monoisotopic (exact) mass is 309 g/mol. The van der Waals surface area contributed by atoms with Crippen LogP contribution in [0.2, 0.25) is 0 Å². The largest absolute Gasteiger partial charge is 0.370 e. The third-order valence-electron chi connectivity index (χ3n) is 3.55. The minimum Gasteiger partial charge on any atom is -0.370 e. The first kappa shape index (κ1) is 16.4. The second-order valence-corrected chi connectivity index (χ2v) is 6.58. The SMILES string of the molecule is CCNc1cc(N2CCN(CC(C)C)CC2)nc(SC)n1. The van der Waals surface area contributed by atoms with Crippen LogP contribution in [0.1, 0.15) is 20.8 Å². The Labute approximate surface area is 132 Å². The molecule has 1 aromatic rings. The molecule has 2 rings (SSSR count). The van der Waals surface area contributed by atoms with E-state index in [4.69, 9.17) is 0 Å². The standard InChI is InChI=1S/C15H27N5S/c1-5-16-13-10-14(18-15(17-13)21-4)20-8-6-19(7-9-20)11-12(2)3/h10,12H,5-9,11H2,1-4H3,(H,16,17,18). The van der Waals surface area contributed by atoms with Crippen LogP contribution in [-0.2, 0) is 0 Å². The van der Waals surface area contributed by atoms with Gasteiger partial charge in [0.15, 0.2) is 5.16 Å². The lowest BCUT2D eigenvalue weighted by Crippen LogP contribution is -2.47.